The predicted molar refractivity (Wildman–Crippen MR) is 117 cm³/mol. The number of nitrogens with one attached hydrogen (secondary N) is 4. The SMILES string of the molecule is CC(C)CC/C=C/C(=O)N[C@@H]1CCCNC(=O)[C@H](C(C)C)NC(=O)C(=O)[C@@H](C)NC1=O. The van der Waals surface area contributed by atoms with Crippen LogP contribution in [0.5, 0.6) is 0 Å². The van der Waals surface area contributed by atoms with Crippen LogP contribution in [-0.2, 0) is 24.0 Å². The van der Waals surface area contributed by atoms with Crippen molar-refractivity contribution in [2.75, 3.05) is 6.54 Å². The summed E-state index contributed by atoms with van der Waals surface area (Å²) in [5.41, 5.74) is 0. The number of carbonyl (C=O) groups excluding carboxylic acids is 5. The van der Waals surface area contributed by atoms with Crippen molar-refractivity contribution in [1.29, 1.82) is 0 Å². The largest absolute Gasteiger partial charge is 0.354 e. The molecule has 0 aliphatic carbocycles. The van der Waals surface area contributed by atoms with Crippen LogP contribution in [0.3, 0.4) is 0 Å². The first-order valence-electron chi connectivity index (χ1n) is 10.9. The summed E-state index contributed by atoms with van der Waals surface area (Å²) in [6, 6.07) is -2.84. The van der Waals surface area contributed by atoms with Crippen molar-refractivity contribution in [1.82, 2.24) is 21.3 Å². The molecular formula is C22H36N4O5. The molecule has 4 N–H and O–H groups in total. The van der Waals surface area contributed by atoms with E-state index in [1.54, 1.807) is 19.9 Å². The number of hydrogen-bond donors (Lipinski definition) is 4. The number of amides is 4. The summed E-state index contributed by atoms with van der Waals surface area (Å²) in [4.78, 5) is 61.9. The second-order valence-electron chi connectivity index (χ2n) is 8.66. The number of hydrogen-bond acceptors (Lipinski definition) is 5. The van der Waals surface area contributed by atoms with Gasteiger partial charge >= 0.3 is 0 Å². The Kier molecular flexibility index (Phi) is 10.9. The molecular weight excluding hydrogens is 400 g/mol. The van der Waals surface area contributed by atoms with Gasteiger partial charge in [-0.15, -0.1) is 0 Å². The summed E-state index contributed by atoms with van der Waals surface area (Å²) in [7, 11) is 0. The second-order valence-corrected chi connectivity index (χ2v) is 8.66. The van der Waals surface area contributed by atoms with Gasteiger partial charge in [0, 0.05) is 6.54 Å². The maximum Gasteiger partial charge on any atom is 0.290 e. The van der Waals surface area contributed by atoms with Gasteiger partial charge in [0.25, 0.3) is 5.91 Å². The molecule has 174 valence electrons. The molecule has 0 aromatic carbocycles. The highest BCUT2D eigenvalue weighted by molar-refractivity contribution is 6.38. The van der Waals surface area contributed by atoms with Crippen molar-refractivity contribution in [3.63, 3.8) is 0 Å². The molecule has 1 aliphatic rings. The van der Waals surface area contributed by atoms with Crippen molar-refractivity contribution < 1.29 is 24.0 Å². The van der Waals surface area contributed by atoms with E-state index in [9.17, 15) is 24.0 Å². The van der Waals surface area contributed by atoms with Gasteiger partial charge in [-0.05, 0) is 50.5 Å². The third-order valence-electron chi connectivity index (χ3n) is 4.99. The summed E-state index contributed by atoms with van der Waals surface area (Å²) in [6.45, 7) is 9.38. The highest BCUT2D eigenvalue weighted by Gasteiger charge is 2.31. The molecule has 3 atom stereocenters. The van der Waals surface area contributed by atoms with Crippen molar-refractivity contribution in [2.45, 2.75) is 78.4 Å². The Bertz CT molecular complexity index is 702. The van der Waals surface area contributed by atoms with E-state index in [0.717, 1.165) is 12.8 Å². The third kappa shape index (κ3) is 9.31. The lowest BCUT2D eigenvalue weighted by atomic mass is 10.0. The molecule has 1 saturated heterocycles. The van der Waals surface area contributed by atoms with E-state index in [-0.39, 0.29) is 18.9 Å². The van der Waals surface area contributed by atoms with Crippen molar-refractivity contribution in [3.8, 4) is 0 Å². The summed E-state index contributed by atoms with van der Waals surface area (Å²) >= 11 is 0. The molecule has 0 bridgehead atoms. The normalized spacial score (nSPS) is 24.2. The smallest absolute Gasteiger partial charge is 0.290 e. The fourth-order valence-corrected chi connectivity index (χ4v) is 3.06. The standard InChI is InChI=1S/C22H36N4O5/c1-13(2)9-6-7-11-17(27)25-16-10-8-12-23-21(30)18(14(3)4)26-22(31)19(28)15(5)24-20(16)29/h7,11,13-16,18H,6,8-10,12H2,1-5H3,(H,23,30)(H,24,29)(H,25,27)(H,26,31)/b11-7+/t15-,16-,18+/m1/s1. The molecule has 1 fully saturated rings. The van der Waals surface area contributed by atoms with Crippen molar-refractivity contribution in [3.05, 3.63) is 12.2 Å². The first-order valence-corrected chi connectivity index (χ1v) is 10.9. The zero-order valence-corrected chi connectivity index (χ0v) is 19.1. The molecule has 0 aromatic heterocycles. The highest BCUT2D eigenvalue weighted by atomic mass is 16.2. The predicted octanol–water partition coefficient (Wildman–Crippen LogP) is 0.588. The quantitative estimate of drug-likeness (QED) is 0.357. The van der Waals surface area contributed by atoms with Gasteiger partial charge in [-0.25, -0.2) is 0 Å². The van der Waals surface area contributed by atoms with Gasteiger partial charge in [0.1, 0.15) is 12.1 Å². The molecule has 0 saturated carbocycles. The molecule has 9 nitrogen and oxygen atoms in total. The zero-order valence-electron chi connectivity index (χ0n) is 19.1. The van der Waals surface area contributed by atoms with Crippen LogP contribution < -0.4 is 21.3 Å². The second kappa shape index (κ2) is 12.9. The number of rotatable bonds is 6. The van der Waals surface area contributed by atoms with Gasteiger partial charge in [0.05, 0.1) is 6.04 Å². The van der Waals surface area contributed by atoms with E-state index in [1.807, 2.05) is 0 Å². The number of Topliss-reactive ketones (excluding diaryl/α,β-unsaturated/α-hetero) is 1. The Labute approximate surface area is 184 Å². The van der Waals surface area contributed by atoms with Crippen LogP contribution in [0.2, 0.25) is 0 Å². The maximum absolute atomic E-state index is 12.6. The Morgan fingerprint density at radius 1 is 1.10 bits per heavy atom. The average Bonchev–Trinajstić information content (AvgIpc) is 2.69. The minimum absolute atomic E-state index is 0.221. The fraction of sp³-hybridized carbons (Fsp3) is 0.682. The van der Waals surface area contributed by atoms with E-state index >= 15 is 0 Å². The van der Waals surface area contributed by atoms with Gasteiger partial charge in [0.15, 0.2) is 0 Å². The molecule has 0 unspecified atom stereocenters. The molecule has 1 heterocycles. The fourth-order valence-electron chi connectivity index (χ4n) is 3.06. The van der Waals surface area contributed by atoms with E-state index in [0.29, 0.717) is 12.3 Å². The molecule has 0 radical (unpaired) electrons. The molecule has 31 heavy (non-hydrogen) atoms. The molecule has 1 aliphatic heterocycles. The summed E-state index contributed by atoms with van der Waals surface area (Å²) in [6.07, 6.45) is 5.57. The molecule has 0 aromatic rings. The number of carbonyl (C=O) groups is 5. The lowest BCUT2D eigenvalue weighted by molar-refractivity contribution is -0.141. The van der Waals surface area contributed by atoms with Crippen LogP contribution in [0.4, 0.5) is 0 Å². The number of allylic oxidation sites excluding steroid dienone is 1. The lowest BCUT2D eigenvalue weighted by Gasteiger charge is -2.22. The van der Waals surface area contributed by atoms with Crippen LogP contribution >= 0.6 is 0 Å². The summed E-state index contributed by atoms with van der Waals surface area (Å²) in [5, 5.41) is 10.3. The van der Waals surface area contributed by atoms with Gasteiger partial charge in [-0.2, -0.15) is 0 Å². The van der Waals surface area contributed by atoms with Crippen LogP contribution in [0.1, 0.15) is 60.3 Å². The van der Waals surface area contributed by atoms with Gasteiger partial charge in [0.2, 0.25) is 23.5 Å². The first kappa shape index (κ1) is 26.3. The van der Waals surface area contributed by atoms with E-state index < -0.39 is 47.5 Å². The Balaban J connectivity index is 2.90. The summed E-state index contributed by atoms with van der Waals surface area (Å²) in [5.74, 6) is -2.84. The van der Waals surface area contributed by atoms with Crippen LogP contribution in [0.25, 0.3) is 0 Å². The van der Waals surface area contributed by atoms with Crippen molar-refractivity contribution >= 4 is 29.4 Å². The van der Waals surface area contributed by atoms with Crippen LogP contribution in [-0.4, -0.2) is 54.1 Å². The number of ketones is 1. The van der Waals surface area contributed by atoms with E-state index in [1.165, 1.54) is 13.0 Å². The molecule has 1 rings (SSSR count). The molecule has 9 heteroatoms. The molecule has 4 amide bonds. The van der Waals surface area contributed by atoms with Crippen LogP contribution in [0, 0.1) is 11.8 Å². The minimum atomic E-state index is -1.09. The van der Waals surface area contributed by atoms with E-state index in [4.69, 9.17) is 0 Å². The van der Waals surface area contributed by atoms with Crippen molar-refractivity contribution in [2.24, 2.45) is 11.8 Å². The van der Waals surface area contributed by atoms with Gasteiger partial charge in [-0.3, -0.25) is 24.0 Å². The van der Waals surface area contributed by atoms with E-state index in [2.05, 4.69) is 35.1 Å². The summed E-state index contributed by atoms with van der Waals surface area (Å²) < 4.78 is 0. The van der Waals surface area contributed by atoms with Crippen LogP contribution in [0.15, 0.2) is 12.2 Å². The van der Waals surface area contributed by atoms with Gasteiger partial charge in [-0.1, -0.05) is 33.8 Å². The monoisotopic (exact) mass is 436 g/mol. The zero-order chi connectivity index (χ0) is 23.6. The van der Waals surface area contributed by atoms with Gasteiger partial charge < -0.3 is 21.3 Å². The first-order chi connectivity index (χ1) is 14.5. The molecule has 0 spiro atoms. The highest BCUT2D eigenvalue weighted by Crippen LogP contribution is 2.06. The Hall–Kier alpha value is -2.71. The Morgan fingerprint density at radius 2 is 1.77 bits per heavy atom. The average molecular weight is 437 g/mol. The lowest BCUT2D eigenvalue weighted by Crippen LogP contribution is -2.55. The third-order valence-corrected chi connectivity index (χ3v) is 4.99. The minimum Gasteiger partial charge on any atom is -0.354 e. The maximum atomic E-state index is 12.6. The Morgan fingerprint density at radius 3 is 2.39 bits per heavy atom. The topological polar surface area (TPSA) is 133 Å².